The molecule has 0 aromatic heterocycles. The molecule has 1 aliphatic heterocycles. The molecule has 0 saturated carbocycles. The van der Waals surface area contributed by atoms with Gasteiger partial charge in [0.15, 0.2) is 0 Å². The molecular formula is C20H23NO2. The van der Waals surface area contributed by atoms with E-state index in [0.717, 1.165) is 32.5 Å². The lowest BCUT2D eigenvalue weighted by molar-refractivity contribution is 0.0104. The molecule has 0 atom stereocenters. The third kappa shape index (κ3) is 4.42. The molecule has 1 saturated heterocycles. The van der Waals surface area contributed by atoms with E-state index in [1.165, 1.54) is 11.1 Å². The van der Waals surface area contributed by atoms with Crippen LogP contribution >= 0.6 is 0 Å². The minimum Gasteiger partial charge on any atom is -0.459 e. The Morgan fingerprint density at radius 2 is 1.70 bits per heavy atom. The van der Waals surface area contributed by atoms with Crippen molar-refractivity contribution in [3.63, 3.8) is 0 Å². The molecule has 0 amide bonds. The summed E-state index contributed by atoms with van der Waals surface area (Å²) in [6.45, 7) is 5.03. The minimum atomic E-state index is -0.206. The molecule has 3 rings (SSSR count). The van der Waals surface area contributed by atoms with Gasteiger partial charge in [-0.25, -0.2) is 4.79 Å². The number of ether oxygens (including phenoxy) is 1. The number of nitrogens with zero attached hydrogens (tertiary/aromatic N) is 1. The van der Waals surface area contributed by atoms with Crippen LogP contribution in [-0.2, 0) is 11.3 Å². The first-order valence-electron chi connectivity index (χ1n) is 8.24. The summed E-state index contributed by atoms with van der Waals surface area (Å²) in [5.74, 6) is -0.206. The van der Waals surface area contributed by atoms with E-state index >= 15 is 0 Å². The fraction of sp³-hybridized carbons (Fsp3) is 0.350. The molecule has 1 fully saturated rings. The van der Waals surface area contributed by atoms with Gasteiger partial charge in [-0.15, -0.1) is 0 Å². The Morgan fingerprint density at radius 3 is 2.35 bits per heavy atom. The molecule has 120 valence electrons. The summed E-state index contributed by atoms with van der Waals surface area (Å²) in [6, 6.07) is 17.9. The third-order valence-electron chi connectivity index (χ3n) is 4.34. The molecule has 0 unspecified atom stereocenters. The van der Waals surface area contributed by atoms with E-state index in [9.17, 15) is 4.79 Å². The lowest BCUT2D eigenvalue weighted by Gasteiger charge is -2.31. The number of likely N-dealkylation sites (tertiary alicyclic amines) is 1. The zero-order valence-corrected chi connectivity index (χ0v) is 13.6. The maximum Gasteiger partial charge on any atom is 0.338 e. The van der Waals surface area contributed by atoms with Crippen LogP contribution in [0.5, 0.6) is 0 Å². The molecule has 3 nitrogen and oxygen atoms in total. The van der Waals surface area contributed by atoms with Crippen LogP contribution in [0.1, 0.15) is 34.3 Å². The molecule has 1 aliphatic rings. The Kier molecular flexibility index (Phi) is 5.09. The highest BCUT2D eigenvalue weighted by Crippen LogP contribution is 2.18. The smallest absolute Gasteiger partial charge is 0.338 e. The second-order valence-corrected chi connectivity index (χ2v) is 6.23. The average molecular weight is 309 g/mol. The molecule has 0 spiro atoms. The summed E-state index contributed by atoms with van der Waals surface area (Å²) in [5, 5.41) is 0. The standard InChI is InChI=1S/C20H23NO2/c1-16-7-9-17(10-8-16)15-21-13-11-19(12-14-21)23-20(22)18-5-3-2-4-6-18/h2-10,19H,11-15H2,1H3. The highest BCUT2D eigenvalue weighted by atomic mass is 16.5. The average Bonchev–Trinajstić information content (AvgIpc) is 2.59. The predicted molar refractivity (Wildman–Crippen MR) is 91.3 cm³/mol. The summed E-state index contributed by atoms with van der Waals surface area (Å²) in [7, 11) is 0. The molecule has 2 aromatic rings. The maximum atomic E-state index is 12.1. The molecule has 0 N–H and O–H groups in total. The van der Waals surface area contributed by atoms with Crippen LogP contribution in [-0.4, -0.2) is 30.1 Å². The van der Waals surface area contributed by atoms with Crippen molar-refractivity contribution < 1.29 is 9.53 Å². The summed E-state index contributed by atoms with van der Waals surface area (Å²) in [6.07, 6.45) is 1.85. The van der Waals surface area contributed by atoms with Crippen LogP contribution in [0, 0.1) is 6.92 Å². The minimum absolute atomic E-state index is 0.0389. The van der Waals surface area contributed by atoms with Crippen molar-refractivity contribution in [1.29, 1.82) is 0 Å². The van der Waals surface area contributed by atoms with Gasteiger partial charge in [0.25, 0.3) is 0 Å². The third-order valence-corrected chi connectivity index (χ3v) is 4.34. The maximum absolute atomic E-state index is 12.1. The molecule has 0 bridgehead atoms. The van der Waals surface area contributed by atoms with Crippen LogP contribution < -0.4 is 0 Å². The summed E-state index contributed by atoms with van der Waals surface area (Å²) >= 11 is 0. The monoisotopic (exact) mass is 309 g/mol. The number of carbonyl (C=O) groups is 1. The molecule has 1 heterocycles. The van der Waals surface area contributed by atoms with Crippen LogP contribution in [0.2, 0.25) is 0 Å². The highest BCUT2D eigenvalue weighted by Gasteiger charge is 2.22. The SMILES string of the molecule is Cc1ccc(CN2CCC(OC(=O)c3ccccc3)CC2)cc1. The van der Waals surface area contributed by atoms with Gasteiger partial charge in [-0.05, 0) is 37.5 Å². The number of benzene rings is 2. The topological polar surface area (TPSA) is 29.5 Å². The Balaban J connectivity index is 1.47. The molecule has 0 aliphatic carbocycles. The first-order chi connectivity index (χ1) is 11.2. The fourth-order valence-corrected chi connectivity index (χ4v) is 2.93. The second kappa shape index (κ2) is 7.42. The Morgan fingerprint density at radius 1 is 1.04 bits per heavy atom. The fourth-order valence-electron chi connectivity index (χ4n) is 2.93. The Bertz CT molecular complexity index is 628. The van der Waals surface area contributed by atoms with E-state index in [0.29, 0.717) is 5.56 Å². The van der Waals surface area contributed by atoms with Gasteiger partial charge in [0, 0.05) is 19.6 Å². The number of rotatable bonds is 4. The van der Waals surface area contributed by atoms with Crippen molar-refractivity contribution in [2.24, 2.45) is 0 Å². The predicted octanol–water partition coefficient (Wildman–Crippen LogP) is 3.82. The number of aryl methyl sites for hydroxylation is 1. The van der Waals surface area contributed by atoms with Crippen LogP contribution in [0.25, 0.3) is 0 Å². The van der Waals surface area contributed by atoms with Gasteiger partial charge in [0.1, 0.15) is 6.10 Å². The number of piperidine rings is 1. The summed E-state index contributed by atoms with van der Waals surface area (Å²) in [4.78, 5) is 14.5. The van der Waals surface area contributed by atoms with E-state index in [1.54, 1.807) is 12.1 Å². The van der Waals surface area contributed by atoms with Crippen molar-refractivity contribution >= 4 is 5.97 Å². The zero-order valence-electron chi connectivity index (χ0n) is 13.6. The van der Waals surface area contributed by atoms with Gasteiger partial charge in [-0.1, -0.05) is 48.0 Å². The van der Waals surface area contributed by atoms with E-state index in [-0.39, 0.29) is 12.1 Å². The van der Waals surface area contributed by atoms with Crippen LogP contribution in [0.15, 0.2) is 54.6 Å². The van der Waals surface area contributed by atoms with Gasteiger partial charge in [-0.2, -0.15) is 0 Å². The van der Waals surface area contributed by atoms with Gasteiger partial charge in [0.2, 0.25) is 0 Å². The quantitative estimate of drug-likeness (QED) is 0.804. The van der Waals surface area contributed by atoms with Crippen molar-refractivity contribution in [1.82, 2.24) is 4.90 Å². The van der Waals surface area contributed by atoms with E-state index in [4.69, 9.17) is 4.74 Å². The van der Waals surface area contributed by atoms with Gasteiger partial charge >= 0.3 is 5.97 Å². The Labute approximate surface area is 137 Å². The number of carbonyl (C=O) groups excluding carboxylic acids is 1. The first-order valence-corrected chi connectivity index (χ1v) is 8.24. The number of hydrogen-bond donors (Lipinski definition) is 0. The lowest BCUT2D eigenvalue weighted by atomic mass is 10.1. The summed E-state index contributed by atoms with van der Waals surface area (Å²) < 4.78 is 5.63. The number of hydrogen-bond acceptors (Lipinski definition) is 3. The second-order valence-electron chi connectivity index (χ2n) is 6.23. The van der Waals surface area contributed by atoms with Crippen molar-refractivity contribution in [3.05, 3.63) is 71.3 Å². The van der Waals surface area contributed by atoms with Gasteiger partial charge < -0.3 is 4.74 Å². The first kappa shape index (κ1) is 15.8. The van der Waals surface area contributed by atoms with Gasteiger partial charge in [-0.3, -0.25) is 4.90 Å². The van der Waals surface area contributed by atoms with Crippen molar-refractivity contribution in [2.45, 2.75) is 32.4 Å². The highest BCUT2D eigenvalue weighted by molar-refractivity contribution is 5.89. The normalized spacial score (nSPS) is 16.2. The molecule has 3 heteroatoms. The summed E-state index contributed by atoms with van der Waals surface area (Å²) in [5.41, 5.74) is 3.27. The van der Waals surface area contributed by atoms with Crippen molar-refractivity contribution in [2.75, 3.05) is 13.1 Å². The lowest BCUT2D eigenvalue weighted by Crippen LogP contribution is -2.37. The Hall–Kier alpha value is -2.13. The van der Waals surface area contributed by atoms with Gasteiger partial charge in [0.05, 0.1) is 5.56 Å². The molecular weight excluding hydrogens is 286 g/mol. The zero-order chi connectivity index (χ0) is 16.1. The number of esters is 1. The van der Waals surface area contributed by atoms with E-state index in [1.807, 2.05) is 18.2 Å². The molecule has 0 radical (unpaired) electrons. The van der Waals surface area contributed by atoms with Crippen LogP contribution in [0.3, 0.4) is 0 Å². The molecule has 2 aromatic carbocycles. The van der Waals surface area contributed by atoms with E-state index < -0.39 is 0 Å². The molecule has 23 heavy (non-hydrogen) atoms. The van der Waals surface area contributed by atoms with Crippen LogP contribution in [0.4, 0.5) is 0 Å². The van der Waals surface area contributed by atoms with Crippen molar-refractivity contribution in [3.8, 4) is 0 Å². The van der Waals surface area contributed by atoms with E-state index in [2.05, 4.69) is 36.1 Å². The largest absolute Gasteiger partial charge is 0.459 e.